The van der Waals surface area contributed by atoms with Crippen LogP contribution in [0.25, 0.3) is 0 Å². The van der Waals surface area contributed by atoms with Crippen LogP contribution < -0.4 is 10.5 Å². The summed E-state index contributed by atoms with van der Waals surface area (Å²) in [7, 11) is 0. The van der Waals surface area contributed by atoms with Crippen molar-refractivity contribution in [1.82, 2.24) is 0 Å². The topological polar surface area (TPSA) is 35.2 Å². The van der Waals surface area contributed by atoms with Gasteiger partial charge in [0, 0.05) is 17.7 Å². The fourth-order valence-electron chi connectivity index (χ4n) is 1.76. The van der Waals surface area contributed by atoms with Crippen LogP contribution in [-0.2, 0) is 0 Å². The molecule has 0 saturated carbocycles. The van der Waals surface area contributed by atoms with Crippen LogP contribution in [0.1, 0.15) is 25.0 Å². The van der Waals surface area contributed by atoms with Gasteiger partial charge in [-0.15, -0.1) is 0 Å². The molecule has 102 valence electrons. The van der Waals surface area contributed by atoms with Gasteiger partial charge < -0.3 is 10.5 Å². The number of ether oxygens (including phenoxy) is 1. The third kappa shape index (κ3) is 3.30. The van der Waals surface area contributed by atoms with Gasteiger partial charge in [-0.3, -0.25) is 0 Å². The molecule has 2 rings (SSSR count). The number of thiophene rings is 1. The lowest BCUT2D eigenvalue weighted by atomic mass is 10.0. The van der Waals surface area contributed by atoms with Gasteiger partial charge in [0.15, 0.2) is 11.6 Å². The average Bonchev–Trinajstić information content (AvgIpc) is 2.92. The largest absolute Gasteiger partial charge is 0.481 e. The van der Waals surface area contributed by atoms with Crippen molar-refractivity contribution in [3.05, 3.63) is 52.2 Å². The van der Waals surface area contributed by atoms with E-state index in [1.165, 1.54) is 11.3 Å². The fraction of sp³-hybridized carbons (Fsp3) is 0.286. The SMILES string of the molecule is CCC(N)C(Oc1cc(F)ccc1F)c1ccsc1. The van der Waals surface area contributed by atoms with Crippen molar-refractivity contribution in [2.45, 2.75) is 25.5 Å². The van der Waals surface area contributed by atoms with E-state index in [0.717, 1.165) is 23.8 Å². The average molecular weight is 283 g/mol. The molecule has 0 amide bonds. The molecular weight excluding hydrogens is 268 g/mol. The van der Waals surface area contributed by atoms with Gasteiger partial charge >= 0.3 is 0 Å². The Morgan fingerprint density at radius 3 is 2.74 bits per heavy atom. The quantitative estimate of drug-likeness (QED) is 0.903. The van der Waals surface area contributed by atoms with Gasteiger partial charge in [-0.25, -0.2) is 8.78 Å². The summed E-state index contributed by atoms with van der Waals surface area (Å²) in [4.78, 5) is 0. The molecule has 0 aliphatic heterocycles. The molecule has 1 aromatic carbocycles. The van der Waals surface area contributed by atoms with Crippen LogP contribution in [-0.4, -0.2) is 6.04 Å². The van der Waals surface area contributed by atoms with Gasteiger partial charge in [-0.05, 0) is 35.4 Å². The number of nitrogens with two attached hydrogens (primary N) is 1. The van der Waals surface area contributed by atoms with Crippen molar-refractivity contribution in [2.24, 2.45) is 5.73 Å². The molecule has 2 aromatic rings. The maximum absolute atomic E-state index is 13.6. The van der Waals surface area contributed by atoms with Crippen LogP contribution in [0.2, 0.25) is 0 Å². The van der Waals surface area contributed by atoms with Crippen molar-refractivity contribution in [1.29, 1.82) is 0 Å². The highest BCUT2D eigenvalue weighted by molar-refractivity contribution is 7.07. The predicted octanol–water partition coefficient (Wildman–Crippen LogP) is 3.88. The molecule has 0 aliphatic rings. The first kappa shape index (κ1) is 14.0. The Labute approximate surface area is 114 Å². The molecule has 2 unspecified atom stereocenters. The molecule has 0 spiro atoms. The summed E-state index contributed by atoms with van der Waals surface area (Å²) >= 11 is 1.51. The summed E-state index contributed by atoms with van der Waals surface area (Å²) in [5.41, 5.74) is 6.89. The van der Waals surface area contributed by atoms with Crippen molar-refractivity contribution < 1.29 is 13.5 Å². The van der Waals surface area contributed by atoms with Crippen LogP contribution in [0.3, 0.4) is 0 Å². The smallest absolute Gasteiger partial charge is 0.165 e. The number of benzene rings is 1. The zero-order valence-corrected chi connectivity index (χ0v) is 11.3. The highest BCUT2D eigenvalue weighted by Gasteiger charge is 2.22. The summed E-state index contributed by atoms with van der Waals surface area (Å²) in [5.74, 6) is -1.24. The van der Waals surface area contributed by atoms with E-state index < -0.39 is 17.7 Å². The van der Waals surface area contributed by atoms with Crippen molar-refractivity contribution in [2.75, 3.05) is 0 Å². The van der Waals surface area contributed by atoms with Gasteiger partial charge in [0.2, 0.25) is 0 Å². The molecule has 2 N–H and O–H groups in total. The molecule has 0 radical (unpaired) electrons. The first-order chi connectivity index (χ1) is 9.11. The molecule has 0 fully saturated rings. The zero-order valence-electron chi connectivity index (χ0n) is 10.5. The molecule has 0 bridgehead atoms. The Hall–Kier alpha value is -1.46. The van der Waals surface area contributed by atoms with E-state index in [1.54, 1.807) is 0 Å². The maximum Gasteiger partial charge on any atom is 0.165 e. The van der Waals surface area contributed by atoms with Crippen LogP contribution in [0, 0.1) is 11.6 Å². The molecule has 2 atom stereocenters. The van der Waals surface area contributed by atoms with E-state index in [9.17, 15) is 8.78 Å². The second-order valence-corrected chi connectivity index (χ2v) is 5.02. The monoisotopic (exact) mass is 283 g/mol. The zero-order chi connectivity index (χ0) is 13.8. The highest BCUT2D eigenvalue weighted by atomic mass is 32.1. The van der Waals surface area contributed by atoms with Crippen molar-refractivity contribution in [3.63, 3.8) is 0 Å². The highest BCUT2D eigenvalue weighted by Crippen LogP contribution is 2.29. The molecule has 2 nitrogen and oxygen atoms in total. The minimum atomic E-state index is -0.593. The molecule has 0 aliphatic carbocycles. The van der Waals surface area contributed by atoms with Crippen LogP contribution >= 0.6 is 11.3 Å². The van der Waals surface area contributed by atoms with Crippen molar-refractivity contribution >= 4 is 11.3 Å². The second-order valence-electron chi connectivity index (χ2n) is 4.24. The van der Waals surface area contributed by atoms with Crippen LogP contribution in [0.15, 0.2) is 35.0 Å². The van der Waals surface area contributed by atoms with Gasteiger partial charge in [-0.1, -0.05) is 6.92 Å². The lowest BCUT2D eigenvalue weighted by Gasteiger charge is -2.24. The normalized spacial score (nSPS) is 14.1. The molecule has 1 heterocycles. The third-order valence-corrected chi connectivity index (χ3v) is 3.58. The maximum atomic E-state index is 13.6. The number of hydrogen-bond donors (Lipinski definition) is 1. The van der Waals surface area contributed by atoms with Gasteiger partial charge in [-0.2, -0.15) is 11.3 Å². The van der Waals surface area contributed by atoms with Gasteiger partial charge in [0.05, 0.1) is 0 Å². The molecular formula is C14H15F2NOS. The van der Waals surface area contributed by atoms with Crippen molar-refractivity contribution in [3.8, 4) is 5.75 Å². The summed E-state index contributed by atoms with van der Waals surface area (Å²) in [5, 5.41) is 3.80. The van der Waals surface area contributed by atoms with E-state index in [0.29, 0.717) is 6.42 Å². The van der Waals surface area contributed by atoms with Crippen LogP contribution in [0.5, 0.6) is 5.75 Å². The van der Waals surface area contributed by atoms with E-state index >= 15 is 0 Å². The summed E-state index contributed by atoms with van der Waals surface area (Å²) < 4.78 is 32.3. The van der Waals surface area contributed by atoms with E-state index in [2.05, 4.69) is 0 Å². The summed E-state index contributed by atoms with van der Waals surface area (Å²) in [6.45, 7) is 1.93. The molecule has 19 heavy (non-hydrogen) atoms. The summed E-state index contributed by atoms with van der Waals surface area (Å²) in [6.07, 6.45) is 0.199. The minimum Gasteiger partial charge on any atom is -0.481 e. The molecule has 1 aromatic heterocycles. The van der Waals surface area contributed by atoms with Gasteiger partial charge in [0.25, 0.3) is 0 Å². The number of rotatable bonds is 5. The third-order valence-electron chi connectivity index (χ3n) is 2.88. The predicted molar refractivity (Wildman–Crippen MR) is 72.3 cm³/mol. The standard InChI is InChI=1S/C14H15F2NOS/c1-2-12(17)14(9-5-6-19-8-9)18-13-7-10(15)3-4-11(13)16/h3-8,12,14H,2,17H2,1H3. The fourth-order valence-corrected chi connectivity index (χ4v) is 2.44. The number of halogens is 2. The van der Waals surface area contributed by atoms with Gasteiger partial charge in [0.1, 0.15) is 11.9 Å². The Bertz CT molecular complexity index is 530. The molecule has 5 heteroatoms. The lowest BCUT2D eigenvalue weighted by molar-refractivity contribution is 0.163. The second kappa shape index (κ2) is 6.12. The Morgan fingerprint density at radius 2 is 2.11 bits per heavy atom. The first-order valence-corrected chi connectivity index (χ1v) is 6.95. The molecule has 0 saturated heterocycles. The summed E-state index contributed by atoms with van der Waals surface area (Å²) in [6, 6.07) is 4.74. The first-order valence-electron chi connectivity index (χ1n) is 6.01. The number of hydrogen-bond acceptors (Lipinski definition) is 3. The Kier molecular flexibility index (Phi) is 4.50. The minimum absolute atomic E-state index is 0.111. The Morgan fingerprint density at radius 1 is 1.32 bits per heavy atom. The van der Waals surface area contributed by atoms with Crippen LogP contribution in [0.4, 0.5) is 8.78 Å². The van der Waals surface area contributed by atoms with E-state index in [-0.39, 0.29) is 11.8 Å². The van der Waals surface area contributed by atoms with E-state index in [1.807, 2.05) is 23.8 Å². The Balaban J connectivity index is 2.28. The van der Waals surface area contributed by atoms with E-state index in [4.69, 9.17) is 10.5 Å². The lowest BCUT2D eigenvalue weighted by Crippen LogP contribution is -2.31.